The molecule has 0 radical (unpaired) electrons. The molecule has 0 saturated carbocycles. The molecule has 0 unspecified atom stereocenters. The molecule has 0 saturated heterocycles. The molecule has 1 aliphatic heterocycles. The maximum Gasteiger partial charge on any atom is 0.415 e. The number of benzene rings is 2. The van der Waals surface area contributed by atoms with Gasteiger partial charge in [-0.2, -0.15) is 10.2 Å². The molecular weight excluding hydrogens is 480 g/mol. The number of H-pyrrole nitrogens is 1. The van der Waals surface area contributed by atoms with Crippen LogP contribution < -0.4 is 10.1 Å². The van der Waals surface area contributed by atoms with Crippen molar-refractivity contribution in [1.29, 1.82) is 0 Å². The fraction of sp³-hybridized carbons (Fsp3) is 0.286. The fourth-order valence-electron chi connectivity index (χ4n) is 4.95. The lowest BCUT2D eigenvalue weighted by atomic mass is 10.1. The molecule has 194 valence electrons. The van der Waals surface area contributed by atoms with Gasteiger partial charge in [-0.15, -0.1) is 0 Å². The molecule has 1 amide bonds. The Balaban J connectivity index is 1.42. The van der Waals surface area contributed by atoms with E-state index >= 15 is 0 Å². The Morgan fingerprint density at radius 2 is 1.87 bits per heavy atom. The summed E-state index contributed by atoms with van der Waals surface area (Å²) in [5, 5.41) is 12.5. The molecule has 0 aliphatic carbocycles. The third-order valence-corrected chi connectivity index (χ3v) is 7.00. The summed E-state index contributed by atoms with van der Waals surface area (Å²) in [5.74, 6) is 0.994. The summed E-state index contributed by atoms with van der Waals surface area (Å²) in [6.07, 6.45) is 3.28. The Kier molecular flexibility index (Phi) is 6.16. The van der Waals surface area contributed by atoms with Gasteiger partial charge in [0.05, 0.1) is 17.6 Å². The number of nitrogens with one attached hydrogen (secondary N) is 2. The third-order valence-electron chi connectivity index (χ3n) is 7.00. The highest BCUT2D eigenvalue weighted by molar-refractivity contribution is 5.86. The van der Waals surface area contributed by atoms with Gasteiger partial charge in [0.25, 0.3) is 0 Å². The molecule has 1 aliphatic rings. The van der Waals surface area contributed by atoms with Crippen LogP contribution in [0.2, 0.25) is 0 Å². The number of carbonyl (C=O) groups is 1. The number of hydrogen-bond donors (Lipinski definition) is 2. The van der Waals surface area contributed by atoms with Crippen molar-refractivity contribution in [3.63, 3.8) is 0 Å². The van der Waals surface area contributed by atoms with Crippen molar-refractivity contribution in [2.45, 2.75) is 33.5 Å². The number of carbonyl (C=O) groups excluding carboxylic acids is 1. The SMILES string of the molecule is CCN(CC)C(=O)Oc1c(-c2ccc(Cn3cccn3)cc2)nn(C)c1-c1nc2cc3c(cc2[nH]1)CNC3. The average Bonchev–Trinajstić information content (AvgIpc) is 3.71. The van der Waals surface area contributed by atoms with Gasteiger partial charge >= 0.3 is 6.09 Å². The standard InChI is InChI=1S/C28H30N8O2/c1-4-35(5-2)28(37)38-26-24(19-9-7-18(8-10-19)17-36-12-6-11-30-36)33-34(3)25(26)27-31-22-13-20-15-29-16-21(20)14-23(22)32-27/h6-14,29H,4-5,15-17H2,1-3H3,(H,31,32). The number of aromatic nitrogens is 6. The summed E-state index contributed by atoms with van der Waals surface area (Å²) < 4.78 is 9.66. The van der Waals surface area contributed by atoms with Gasteiger partial charge in [0, 0.05) is 51.2 Å². The lowest BCUT2D eigenvalue weighted by molar-refractivity contribution is 0.157. The number of hydrogen-bond acceptors (Lipinski definition) is 6. The van der Waals surface area contributed by atoms with Gasteiger partial charge in [-0.05, 0) is 48.7 Å². The van der Waals surface area contributed by atoms with Crippen LogP contribution in [0, 0.1) is 0 Å². The van der Waals surface area contributed by atoms with Crippen LogP contribution in [0.1, 0.15) is 30.5 Å². The van der Waals surface area contributed by atoms with Gasteiger partial charge in [-0.25, -0.2) is 9.78 Å². The minimum absolute atomic E-state index is 0.387. The number of aryl methyl sites for hydroxylation is 1. The molecular formula is C28H30N8O2. The normalized spacial score (nSPS) is 12.7. The van der Waals surface area contributed by atoms with Crippen molar-refractivity contribution in [2.75, 3.05) is 13.1 Å². The third kappa shape index (κ3) is 4.32. The Morgan fingerprint density at radius 1 is 1.11 bits per heavy atom. The van der Waals surface area contributed by atoms with Crippen LogP contribution in [0.5, 0.6) is 5.75 Å². The number of rotatable bonds is 7. The molecule has 2 N–H and O–H groups in total. The van der Waals surface area contributed by atoms with Crippen molar-refractivity contribution in [1.82, 2.24) is 39.7 Å². The van der Waals surface area contributed by atoms with Gasteiger partial charge in [0.2, 0.25) is 0 Å². The number of ether oxygens (including phenoxy) is 1. The summed E-state index contributed by atoms with van der Waals surface area (Å²) in [5.41, 5.74) is 7.49. The van der Waals surface area contributed by atoms with E-state index in [1.807, 2.05) is 62.1 Å². The second-order valence-corrected chi connectivity index (χ2v) is 9.42. The molecule has 3 aromatic heterocycles. The predicted octanol–water partition coefficient (Wildman–Crippen LogP) is 4.32. The van der Waals surface area contributed by atoms with E-state index in [-0.39, 0.29) is 0 Å². The van der Waals surface area contributed by atoms with Gasteiger partial charge < -0.3 is 19.9 Å². The first-order valence-corrected chi connectivity index (χ1v) is 12.9. The summed E-state index contributed by atoms with van der Waals surface area (Å²) in [6, 6.07) is 14.2. The van der Waals surface area contributed by atoms with Crippen LogP contribution in [0.15, 0.2) is 54.9 Å². The zero-order chi connectivity index (χ0) is 26.2. The monoisotopic (exact) mass is 510 g/mol. The first-order chi connectivity index (χ1) is 18.5. The quantitative estimate of drug-likeness (QED) is 0.338. The number of imidazole rings is 1. The van der Waals surface area contributed by atoms with Crippen molar-refractivity contribution >= 4 is 17.1 Å². The number of nitrogens with zero attached hydrogens (tertiary/aromatic N) is 6. The number of fused-ring (bicyclic) bond motifs is 2. The first kappa shape index (κ1) is 23.9. The molecule has 0 fully saturated rings. The Hall–Kier alpha value is -4.44. The van der Waals surface area contributed by atoms with E-state index in [1.165, 1.54) is 11.1 Å². The van der Waals surface area contributed by atoms with Crippen LogP contribution in [0.4, 0.5) is 4.79 Å². The summed E-state index contributed by atoms with van der Waals surface area (Å²) in [7, 11) is 1.84. The molecule has 0 atom stereocenters. The maximum atomic E-state index is 13.1. The number of aromatic amines is 1. The van der Waals surface area contributed by atoms with Gasteiger partial charge in [-0.1, -0.05) is 24.3 Å². The van der Waals surface area contributed by atoms with E-state index in [2.05, 4.69) is 27.5 Å². The highest BCUT2D eigenvalue weighted by Gasteiger charge is 2.27. The van der Waals surface area contributed by atoms with E-state index in [0.717, 1.165) is 35.2 Å². The summed E-state index contributed by atoms with van der Waals surface area (Å²) in [4.78, 5) is 23.1. The molecule has 4 heterocycles. The minimum Gasteiger partial charge on any atom is -0.405 e. The number of amides is 1. The van der Waals surface area contributed by atoms with Crippen LogP contribution in [-0.4, -0.2) is 53.6 Å². The predicted molar refractivity (Wildman–Crippen MR) is 145 cm³/mol. The minimum atomic E-state index is -0.415. The van der Waals surface area contributed by atoms with Crippen LogP contribution in [0.3, 0.4) is 0 Å². The van der Waals surface area contributed by atoms with Crippen molar-refractivity contribution in [3.8, 4) is 28.5 Å². The molecule has 2 aromatic carbocycles. The van der Waals surface area contributed by atoms with Gasteiger partial charge in [0.1, 0.15) is 11.4 Å². The average molecular weight is 511 g/mol. The largest absolute Gasteiger partial charge is 0.415 e. The highest BCUT2D eigenvalue weighted by atomic mass is 16.6. The van der Waals surface area contributed by atoms with Crippen LogP contribution in [0.25, 0.3) is 33.8 Å². The van der Waals surface area contributed by atoms with Crippen LogP contribution in [-0.2, 0) is 26.7 Å². The van der Waals surface area contributed by atoms with Crippen molar-refractivity contribution in [3.05, 3.63) is 71.5 Å². The molecule has 10 heteroatoms. The Morgan fingerprint density at radius 3 is 2.58 bits per heavy atom. The van der Waals surface area contributed by atoms with Gasteiger partial charge in [-0.3, -0.25) is 9.36 Å². The topological polar surface area (TPSA) is 106 Å². The van der Waals surface area contributed by atoms with Crippen LogP contribution >= 0.6 is 0 Å². The second-order valence-electron chi connectivity index (χ2n) is 9.42. The molecule has 0 bridgehead atoms. The summed E-state index contributed by atoms with van der Waals surface area (Å²) >= 11 is 0. The van der Waals surface area contributed by atoms with Gasteiger partial charge in [0.15, 0.2) is 11.6 Å². The highest BCUT2D eigenvalue weighted by Crippen LogP contribution is 2.39. The Labute approximate surface area is 220 Å². The van der Waals surface area contributed by atoms with E-state index in [4.69, 9.17) is 14.8 Å². The molecule has 10 nitrogen and oxygen atoms in total. The van der Waals surface area contributed by atoms with E-state index in [1.54, 1.807) is 15.8 Å². The second kappa shape index (κ2) is 9.79. The smallest absolute Gasteiger partial charge is 0.405 e. The van der Waals surface area contributed by atoms with Crippen molar-refractivity contribution in [2.24, 2.45) is 7.05 Å². The van der Waals surface area contributed by atoms with E-state index in [9.17, 15) is 4.79 Å². The lowest BCUT2D eigenvalue weighted by Gasteiger charge is -2.18. The maximum absolute atomic E-state index is 13.1. The molecule has 5 aromatic rings. The van der Waals surface area contributed by atoms with E-state index < -0.39 is 6.09 Å². The molecule has 6 rings (SSSR count). The fourth-order valence-corrected chi connectivity index (χ4v) is 4.95. The Bertz CT molecular complexity index is 1550. The summed E-state index contributed by atoms with van der Waals surface area (Å²) in [6.45, 7) is 7.32. The first-order valence-electron chi connectivity index (χ1n) is 12.9. The lowest BCUT2D eigenvalue weighted by Crippen LogP contribution is -2.33. The molecule has 38 heavy (non-hydrogen) atoms. The van der Waals surface area contributed by atoms with E-state index in [0.29, 0.717) is 42.6 Å². The zero-order valence-corrected chi connectivity index (χ0v) is 21.7. The molecule has 0 spiro atoms. The van der Waals surface area contributed by atoms with Crippen molar-refractivity contribution < 1.29 is 9.53 Å². The zero-order valence-electron chi connectivity index (χ0n) is 21.7.